The minimum Gasteiger partial charge on any atom is -0.455 e. The number of rotatable bonds is 7. The second-order valence-electron chi connectivity index (χ2n) is 6.87. The van der Waals surface area contributed by atoms with Gasteiger partial charge < -0.3 is 4.42 Å². The number of carbonyl (C=O) groups is 1. The molecular formula is C24H20ClN3O2S. The first-order chi connectivity index (χ1) is 15.1. The Bertz CT molecular complexity index is 1120. The molecule has 0 unspecified atom stereocenters. The Morgan fingerprint density at radius 2 is 1.87 bits per heavy atom. The van der Waals surface area contributed by atoms with Crippen molar-refractivity contribution in [2.24, 2.45) is 10.2 Å². The van der Waals surface area contributed by atoms with Crippen LogP contribution in [0.3, 0.4) is 0 Å². The van der Waals surface area contributed by atoms with E-state index in [4.69, 9.17) is 16.0 Å². The van der Waals surface area contributed by atoms with Gasteiger partial charge in [-0.15, -0.1) is 11.7 Å². The second kappa shape index (κ2) is 9.81. The topological polar surface area (TPSA) is 58.2 Å². The molecule has 31 heavy (non-hydrogen) atoms. The molecule has 3 aromatic rings. The maximum absolute atomic E-state index is 12.8. The van der Waals surface area contributed by atoms with Gasteiger partial charge in [-0.1, -0.05) is 59.8 Å². The normalized spacial score (nSPS) is 17.7. The fourth-order valence-corrected chi connectivity index (χ4v) is 4.44. The summed E-state index contributed by atoms with van der Waals surface area (Å²) in [6.45, 7) is 4.14. The van der Waals surface area contributed by atoms with E-state index >= 15 is 0 Å². The van der Waals surface area contributed by atoms with Crippen LogP contribution in [0.5, 0.6) is 0 Å². The summed E-state index contributed by atoms with van der Waals surface area (Å²) in [5.41, 5.74) is 2.04. The molecule has 1 aliphatic rings. The first-order valence-electron chi connectivity index (χ1n) is 9.73. The van der Waals surface area contributed by atoms with Gasteiger partial charge >= 0.3 is 0 Å². The fraction of sp³-hybridized carbons (Fsp3) is 0.125. The highest BCUT2D eigenvalue weighted by Gasteiger charge is 2.37. The zero-order valence-corrected chi connectivity index (χ0v) is 18.2. The highest BCUT2D eigenvalue weighted by atomic mass is 35.5. The lowest BCUT2D eigenvalue weighted by Crippen LogP contribution is -2.32. The zero-order chi connectivity index (χ0) is 21.6. The zero-order valence-electron chi connectivity index (χ0n) is 16.6. The molecule has 0 spiro atoms. The number of amides is 1. The van der Waals surface area contributed by atoms with Crippen LogP contribution in [0.4, 0.5) is 0 Å². The summed E-state index contributed by atoms with van der Waals surface area (Å²) in [6, 6.07) is 21.1. The molecule has 2 heterocycles. The molecular weight excluding hydrogens is 430 g/mol. The molecule has 5 nitrogen and oxygen atoms in total. The molecule has 0 radical (unpaired) electrons. The van der Waals surface area contributed by atoms with Gasteiger partial charge in [-0.05, 0) is 48.4 Å². The van der Waals surface area contributed by atoms with Crippen LogP contribution in [0.1, 0.15) is 11.3 Å². The van der Waals surface area contributed by atoms with E-state index < -0.39 is 0 Å². The number of furan rings is 1. The summed E-state index contributed by atoms with van der Waals surface area (Å²) >= 11 is 7.35. The van der Waals surface area contributed by atoms with Crippen molar-refractivity contribution in [3.05, 3.63) is 95.7 Å². The minimum absolute atomic E-state index is 0.0192. The molecule has 1 aliphatic heterocycles. The van der Waals surface area contributed by atoms with Gasteiger partial charge in [0.25, 0.3) is 0 Å². The predicted octanol–water partition coefficient (Wildman–Crippen LogP) is 5.66. The van der Waals surface area contributed by atoms with Crippen LogP contribution < -0.4 is 0 Å². The Balaban J connectivity index is 1.47. The lowest BCUT2D eigenvalue weighted by atomic mass is 10.1. The predicted molar refractivity (Wildman–Crippen MR) is 128 cm³/mol. The van der Waals surface area contributed by atoms with Gasteiger partial charge in [0.15, 0.2) is 5.17 Å². The van der Waals surface area contributed by atoms with Crippen molar-refractivity contribution in [3.8, 4) is 11.3 Å². The SMILES string of the molecule is C=CCN1C(=O)[C@H](Cc2ccccc2)S/C1=N\N=C/c1ccc(-c2ccc(Cl)cc2)o1. The van der Waals surface area contributed by atoms with Gasteiger partial charge in [0.2, 0.25) is 5.91 Å². The maximum Gasteiger partial charge on any atom is 0.242 e. The summed E-state index contributed by atoms with van der Waals surface area (Å²) < 4.78 is 5.80. The third kappa shape index (κ3) is 5.16. The molecule has 0 N–H and O–H groups in total. The highest BCUT2D eigenvalue weighted by molar-refractivity contribution is 8.15. The van der Waals surface area contributed by atoms with Gasteiger partial charge in [0, 0.05) is 17.1 Å². The smallest absolute Gasteiger partial charge is 0.242 e. The summed E-state index contributed by atoms with van der Waals surface area (Å²) in [4.78, 5) is 14.4. The van der Waals surface area contributed by atoms with Crippen molar-refractivity contribution in [1.29, 1.82) is 0 Å². The molecule has 4 rings (SSSR count). The van der Waals surface area contributed by atoms with E-state index in [0.717, 1.165) is 11.1 Å². The largest absolute Gasteiger partial charge is 0.455 e. The van der Waals surface area contributed by atoms with Crippen molar-refractivity contribution >= 4 is 40.7 Å². The van der Waals surface area contributed by atoms with Gasteiger partial charge in [-0.2, -0.15) is 5.10 Å². The van der Waals surface area contributed by atoms with E-state index in [9.17, 15) is 4.79 Å². The Hall–Kier alpha value is -3.09. The summed E-state index contributed by atoms with van der Waals surface area (Å²) in [5.74, 6) is 1.30. The van der Waals surface area contributed by atoms with Crippen LogP contribution in [0.15, 0.2) is 94.0 Å². The van der Waals surface area contributed by atoms with E-state index in [1.165, 1.54) is 18.0 Å². The van der Waals surface area contributed by atoms with Crippen LogP contribution in [0.25, 0.3) is 11.3 Å². The first kappa shape index (κ1) is 21.2. The number of hydrogen-bond donors (Lipinski definition) is 0. The number of nitrogens with zero attached hydrogens (tertiary/aromatic N) is 3. The van der Waals surface area contributed by atoms with Gasteiger partial charge in [-0.3, -0.25) is 9.69 Å². The number of amidine groups is 1. The number of thioether (sulfide) groups is 1. The summed E-state index contributed by atoms with van der Waals surface area (Å²) in [6.07, 6.45) is 3.87. The molecule has 1 amide bonds. The monoisotopic (exact) mass is 449 g/mol. The van der Waals surface area contributed by atoms with Gasteiger partial charge in [-0.25, -0.2) is 0 Å². The van der Waals surface area contributed by atoms with E-state index in [2.05, 4.69) is 16.8 Å². The molecule has 0 bridgehead atoms. The van der Waals surface area contributed by atoms with Crippen molar-refractivity contribution in [1.82, 2.24) is 4.90 Å². The molecule has 1 fully saturated rings. The molecule has 7 heteroatoms. The number of carbonyl (C=O) groups excluding carboxylic acids is 1. The first-order valence-corrected chi connectivity index (χ1v) is 11.0. The average molecular weight is 450 g/mol. The Morgan fingerprint density at radius 1 is 1.10 bits per heavy atom. The summed E-state index contributed by atoms with van der Waals surface area (Å²) in [5, 5.41) is 9.44. The third-order valence-corrected chi connectivity index (χ3v) is 6.10. The molecule has 1 atom stereocenters. The van der Waals surface area contributed by atoms with Crippen LogP contribution in [0, 0.1) is 0 Å². The van der Waals surface area contributed by atoms with Crippen LogP contribution >= 0.6 is 23.4 Å². The van der Waals surface area contributed by atoms with Crippen LogP contribution in [-0.2, 0) is 11.2 Å². The Kier molecular flexibility index (Phi) is 6.70. The van der Waals surface area contributed by atoms with Crippen molar-refractivity contribution in [3.63, 3.8) is 0 Å². The van der Waals surface area contributed by atoms with Crippen molar-refractivity contribution in [2.75, 3.05) is 6.54 Å². The molecule has 1 aromatic heterocycles. The second-order valence-corrected chi connectivity index (χ2v) is 8.48. The van der Waals surface area contributed by atoms with Crippen molar-refractivity contribution in [2.45, 2.75) is 11.7 Å². The molecule has 2 aromatic carbocycles. The minimum atomic E-state index is -0.226. The van der Waals surface area contributed by atoms with Gasteiger partial charge in [0.05, 0.1) is 11.5 Å². The standard InChI is InChI=1S/C24H20ClN3O2S/c1-2-14-28-23(29)22(15-17-6-4-3-5-7-17)31-24(28)27-26-16-20-12-13-21(30-20)18-8-10-19(25)11-9-18/h2-13,16,22H,1,14-15H2/b26-16-,27-24-/t22-/m0/s1. The van der Waals surface area contributed by atoms with E-state index in [1.54, 1.807) is 11.0 Å². The number of hydrogen-bond acceptors (Lipinski definition) is 5. The van der Waals surface area contributed by atoms with Crippen LogP contribution in [0.2, 0.25) is 5.02 Å². The van der Waals surface area contributed by atoms with E-state index in [0.29, 0.717) is 34.7 Å². The molecule has 1 saturated heterocycles. The molecule has 0 aliphatic carbocycles. The quantitative estimate of drug-likeness (QED) is 0.265. The lowest BCUT2D eigenvalue weighted by molar-refractivity contribution is -0.125. The molecule has 0 saturated carbocycles. The van der Waals surface area contributed by atoms with Crippen LogP contribution in [-0.4, -0.2) is 34.0 Å². The average Bonchev–Trinajstić information content (AvgIpc) is 3.36. The number of halogens is 1. The maximum atomic E-state index is 12.8. The fourth-order valence-electron chi connectivity index (χ4n) is 3.17. The van der Waals surface area contributed by atoms with E-state index in [-0.39, 0.29) is 11.2 Å². The molecule has 156 valence electrons. The Morgan fingerprint density at radius 3 is 2.61 bits per heavy atom. The lowest BCUT2D eigenvalue weighted by Gasteiger charge is -2.12. The summed E-state index contributed by atoms with van der Waals surface area (Å²) in [7, 11) is 0. The third-order valence-electron chi connectivity index (χ3n) is 4.68. The van der Waals surface area contributed by atoms with Crippen molar-refractivity contribution < 1.29 is 9.21 Å². The Labute approximate surface area is 190 Å². The number of benzene rings is 2. The van der Waals surface area contributed by atoms with E-state index in [1.807, 2.05) is 66.7 Å². The van der Waals surface area contributed by atoms with Gasteiger partial charge in [0.1, 0.15) is 11.5 Å². The highest BCUT2D eigenvalue weighted by Crippen LogP contribution is 2.30.